The van der Waals surface area contributed by atoms with Crippen LogP contribution in [0.5, 0.6) is 11.5 Å². The van der Waals surface area contributed by atoms with Crippen LogP contribution in [-0.2, 0) is 4.79 Å². The number of anilines is 1. The van der Waals surface area contributed by atoms with Gasteiger partial charge in [-0.2, -0.15) is 5.26 Å². The Morgan fingerprint density at radius 3 is 2.62 bits per heavy atom. The summed E-state index contributed by atoms with van der Waals surface area (Å²) in [7, 11) is 2.38. The van der Waals surface area contributed by atoms with Crippen molar-refractivity contribution in [1.29, 1.82) is 5.26 Å². The van der Waals surface area contributed by atoms with E-state index in [-0.39, 0.29) is 22.6 Å². The number of phenolic OH excluding ortho intramolecular Hbond substituents is 1. The zero-order valence-electron chi connectivity index (χ0n) is 15.5. The van der Waals surface area contributed by atoms with E-state index in [1.165, 1.54) is 26.2 Å². The van der Waals surface area contributed by atoms with Gasteiger partial charge in [0.1, 0.15) is 17.6 Å². The van der Waals surface area contributed by atoms with Crippen molar-refractivity contribution in [3.63, 3.8) is 0 Å². The molecule has 0 aliphatic heterocycles. The molecule has 1 aromatic heterocycles. The number of hydrogen-bond acceptors (Lipinski definition) is 8. The maximum absolute atomic E-state index is 13.7. The second kappa shape index (κ2) is 8.22. The van der Waals surface area contributed by atoms with Crippen molar-refractivity contribution in [3.8, 4) is 17.6 Å². The number of aromatic hydroxyl groups is 1. The zero-order valence-corrected chi connectivity index (χ0v) is 15.5. The lowest BCUT2D eigenvalue weighted by Gasteiger charge is -2.19. The number of amides is 1. The van der Waals surface area contributed by atoms with E-state index in [1.807, 2.05) is 0 Å². The number of carbonyl (C=O) groups excluding carboxylic acids is 1. The molecule has 2 aromatic rings. The second-order valence-electron chi connectivity index (χ2n) is 5.77. The summed E-state index contributed by atoms with van der Waals surface area (Å²) in [6, 6.07) is 3.35. The molecule has 1 heterocycles. The molecule has 1 amide bonds. The highest BCUT2D eigenvalue weighted by Crippen LogP contribution is 2.39. The van der Waals surface area contributed by atoms with Crippen LogP contribution in [0.4, 0.5) is 15.8 Å². The number of aliphatic hydroxyl groups excluding tert-OH is 1. The molecule has 2 rings (SSSR count). The number of halogens is 1. The molecule has 0 spiro atoms. The lowest BCUT2D eigenvalue weighted by Crippen LogP contribution is -2.29. The molecule has 0 aliphatic rings. The minimum absolute atomic E-state index is 0.0600. The summed E-state index contributed by atoms with van der Waals surface area (Å²) in [6.07, 6.45) is 2.16. The lowest BCUT2D eigenvalue weighted by atomic mass is 10.1. The number of likely N-dealkylation sites (N-methyl/N-ethyl adjacent to an activating group) is 1. The van der Waals surface area contributed by atoms with Crippen LogP contribution in [0.15, 0.2) is 30.1 Å². The van der Waals surface area contributed by atoms with E-state index in [0.717, 1.165) is 30.3 Å². The van der Waals surface area contributed by atoms with Crippen LogP contribution in [-0.4, -0.2) is 40.2 Å². The second-order valence-corrected chi connectivity index (χ2v) is 5.77. The molecule has 0 bridgehead atoms. The van der Waals surface area contributed by atoms with E-state index in [4.69, 9.17) is 4.74 Å². The summed E-state index contributed by atoms with van der Waals surface area (Å²) in [6.45, 7) is 1.40. The van der Waals surface area contributed by atoms with Crippen LogP contribution in [0.1, 0.15) is 11.1 Å². The third-order valence-electron chi connectivity index (χ3n) is 4.10. The number of aliphatic hydroxyl groups is 1. The van der Waals surface area contributed by atoms with Gasteiger partial charge in [-0.15, -0.1) is 0 Å². The summed E-state index contributed by atoms with van der Waals surface area (Å²) in [4.78, 5) is 27.5. The van der Waals surface area contributed by atoms with E-state index in [9.17, 15) is 34.8 Å². The average molecular weight is 402 g/mol. The van der Waals surface area contributed by atoms with Gasteiger partial charge in [0.2, 0.25) is 5.75 Å². The number of nitro benzene ring substituents is 1. The van der Waals surface area contributed by atoms with Crippen molar-refractivity contribution in [3.05, 3.63) is 57.2 Å². The van der Waals surface area contributed by atoms with Gasteiger partial charge < -0.3 is 19.8 Å². The molecule has 0 saturated carbocycles. The van der Waals surface area contributed by atoms with E-state index in [1.54, 1.807) is 0 Å². The number of methoxy groups -OCH3 is 1. The summed E-state index contributed by atoms with van der Waals surface area (Å²) < 4.78 is 18.6. The number of rotatable bonds is 5. The average Bonchev–Trinajstić information content (AvgIpc) is 2.69. The molecular formula is C18H15FN4O6. The summed E-state index contributed by atoms with van der Waals surface area (Å²) in [5.74, 6) is -3.68. The number of nitro groups is 1. The first-order valence-electron chi connectivity index (χ1n) is 7.91. The van der Waals surface area contributed by atoms with Gasteiger partial charge in [-0.3, -0.25) is 19.9 Å². The highest BCUT2D eigenvalue weighted by atomic mass is 19.1. The number of nitrogens with zero attached hydrogens (tertiary/aromatic N) is 4. The molecule has 10 nitrogen and oxygen atoms in total. The smallest absolute Gasteiger partial charge is 0.315 e. The van der Waals surface area contributed by atoms with Crippen LogP contribution in [0.3, 0.4) is 0 Å². The fourth-order valence-electron chi connectivity index (χ4n) is 2.48. The van der Waals surface area contributed by atoms with E-state index in [2.05, 4.69) is 4.98 Å². The van der Waals surface area contributed by atoms with Crippen LogP contribution in [0.25, 0.3) is 5.76 Å². The molecule has 2 N–H and O–H groups in total. The number of aromatic nitrogens is 1. The fraction of sp³-hybridized carbons (Fsp3) is 0.167. The highest BCUT2D eigenvalue weighted by molar-refractivity contribution is 6.12. The molecule has 29 heavy (non-hydrogen) atoms. The Hall–Kier alpha value is -4.20. The predicted octanol–water partition coefficient (Wildman–Crippen LogP) is 2.61. The Morgan fingerprint density at radius 1 is 1.41 bits per heavy atom. The molecule has 0 radical (unpaired) electrons. The Labute approximate surface area is 163 Å². The quantitative estimate of drug-likeness (QED) is 0.255. The monoisotopic (exact) mass is 402 g/mol. The number of carbonyl (C=O) groups is 1. The van der Waals surface area contributed by atoms with Crippen molar-refractivity contribution in [2.45, 2.75) is 6.92 Å². The number of benzene rings is 1. The summed E-state index contributed by atoms with van der Waals surface area (Å²) >= 11 is 0. The largest absolute Gasteiger partial charge is 0.506 e. The molecule has 150 valence electrons. The number of ether oxygens (including phenoxy) is 1. The van der Waals surface area contributed by atoms with Crippen LogP contribution in [0, 0.1) is 34.2 Å². The maximum Gasteiger partial charge on any atom is 0.315 e. The normalized spacial score (nSPS) is 11.3. The molecule has 1 aromatic carbocycles. The fourth-order valence-corrected chi connectivity index (χ4v) is 2.48. The van der Waals surface area contributed by atoms with Crippen molar-refractivity contribution in [2.75, 3.05) is 19.1 Å². The number of nitriles is 1. The standard InChI is InChI=1S/C18H15FN4O6/c1-9-12(19)7-21-8-14(9)22(2)18(26)11(6-20)16(24)10-4-13(23(27)28)17(25)15(5-10)29-3/h4-5,7-8,24-25H,1-3H3/b16-11-. The number of pyridine rings is 1. The third kappa shape index (κ3) is 3.91. The number of phenols is 1. The van der Waals surface area contributed by atoms with Crippen LogP contribution < -0.4 is 9.64 Å². The molecular weight excluding hydrogens is 387 g/mol. The molecule has 0 unspecified atom stereocenters. The predicted molar refractivity (Wildman–Crippen MR) is 98.8 cm³/mol. The topological polar surface area (TPSA) is 150 Å². The van der Waals surface area contributed by atoms with E-state index in [0.29, 0.717) is 0 Å². The van der Waals surface area contributed by atoms with Gasteiger partial charge in [-0.25, -0.2) is 4.39 Å². The molecule has 0 saturated heterocycles. The van der Waals surface area contributed by atoms with Crippen molar-refractivity contribution in [2.24, 2.45) is 0 Å². The Balaban J connectivity index is 2.61. The van der Waals surface area contributed by atoms with Gasteiger partial charge in [-0.05, 0) is 13.0 Å². The third-order valence-corrected chi connectivity index (χ3v) is 4.10. The zero-order chi connectivity index (χ0) is 21.9. The molecule has 0 aliphatic carbocycles. The SMILES string of the molecule is COc1cc(/C(O)=C(\C#N)C(=O)N(C)c2cncc(F)c2C)cc([N+](=O)[O-])c1O. The maximum atomic E-state index is 13.7. The van der Waals surface area contributed by atoms with Gasteiger partial charge >= 0.3 is 5.69 Å². The Morgan fingerprint density at radius 2 is 2.07 bits per heavy atom. The van der Waals surface area contributed by atoms with Crippen LogP contribution in [0.2, 0.25) is 0 Å². The lowest BCUT2D eigenvalue weighted by molar-refractivity contribution is -0.386. The van der Waals surface area contributed by atoms with Crippen molar-refractivity contribution >= 4 is 23.0 Å². The van der Waals surface area contributed by atoms with Crippen LogP contribution >= 0.6 is 0 Å². The highest BCUT2D eigenvalue weighted by Gasteiger charge is 2.26. The first kappa shape index (κ1) is 21.1. The van der Waals surface area contributed by atoms with Gasteiger partial charge in [0.25, 0.3) is 5.91 Å². The van der Waals surface area contributed by atoms with Gasteiger partial charge in [-0.1, -0.05) is 0 Å². The molecule has 0 atom stereocenters. The number of hydrogen-bond donors (Lipinski definition) is 2. The first-order valence-corrected chi connectivity index (χ1v) is 7.91. The van der Waals surface area contributed by atoms with Gasteiger partial charge in [0.05, 0.1) is 30.1 Å². The van der Waals surface area contributed by atoms with E-state index < -0.39 is 39.4 Å². The van der Waals surface area contributed by atoms with Crippen molar-refractivity contribution < 1.29 is 29.1 Å². The Kier molecular flexibility index (Phi) is 5.98. The summed E-state index contributed by atoms with van der Waals surface area (Å²) in [5.41, 5.74) is -1.72. The minimum Gasteiger partial charge on any atom is -0.506 e. The van der Waals surface area contributed by atoms with E-state index >= 15 is 0 Å². The molecule has 0 fully saturated rings. The molecule has 11 heteroatoms. The van der Waals surface area contributed by atoms with Crippen molar-refractivity contribution in [1.82, 2.24) is 4.98 Å². The first-order chi connectivity index (χ1) is 13.6. The Bertz CT molecular complexity index is 1080. The van der Waals surface area contributed by atoms with Gasteiger partial charge in [0, 0.05) is 24.2 Å². The van der Waals surface area contributed by atoms with Gasteiger partial charge in [0.15, 0.2) is 11.3 Å². The minimum atomic E-state index is -1.00. The summed E-state index contributed by atoms with van der Waals surface area (Å²) in [5, 5.41) is 40.8.